The molecule has 1 heterocycles. The molecule has 1 atom stereocenters. The fourth-order valence-electron chi connectivity index (χ4n) is 1.94. The van der Waals surface area contributed by atoms with E-state index in [1.54, 1.807) is 25.4 Å². The number of aryl methyl sites for hydroxylation is 1. The van der Waals surface area contributed by atoms with Gasteiger partial charge in [-0.05, 0) is 37.1 Å². The van der Waals surface area contributed by atoms with E-state index in [-0.39, 0.29) is 11.9 Å². The molecular formula is C14H18FN3. The SMILES string of the molecule is CCCNC(c1ccc(F)c(C)c1)c1ncc[nH]1. The molecule has 96 valence electrons. The largest absolute Gasteiger partial charge is 0.347 e. The Morgan fingerprint density at radius 3 is 2.89 bits per heavy atom. The predicted molar refractivity (Wildman–Crippen MR) is 69.9 cm³/mol. The van der Waals surface area contributed by atoms with E-state index in [9.17, 15) is 4.39 Å². The molecule has 0 saturated heterocycles. The second-order valence-electron chi connectivity index (χ2n) is 4.37. The summed E-state index contributed by atoms with van der Waals surface area (Å²) in [7, 11) is 0. The second kappa shape index (κ2) is 5.78. The average Bonchev–Trinajstić information content (AvgIpc) is 2.88. The van der Waals surface area contributed by atoms with Gasteiger partial charge in [0.15, 0.2) is 0 Å². The molecule has 0 saturated carbocycles. The van der Waals surface area contributed by atoms with Crippen molar-refractivity contribution in [2.75, 3.05) is 6.54 Å². The van der Waals surface area contributed by atoms with Crippen molar-refractivity contribution in [2.24, 2.45) is 0 Å². The van der Waals surface area contributed by atoms with Crippen LogP contribution in [0.5, 0.6) is 0 Å². The molecule has 0 spiro atoms. The molecule has 0 radical (unpaired) electrons. The third kappa shape index (κ3) is 2.76. The number of benzene rings is 1. The summed E-state index contributed by atoms with van der Waals surface area (Å²) in [5.74, 6) is 0.682. The number of nitrogens with zero attached hydrogens (tertiary/aromatic N) is 1. The zero-order chi connectivity index (χ0) is 13.0. The van der Waals surface area contributed by atoms with Gasteiger partial charge in [0.25, 0.3) is 0 Å². The minimum atomic E-state index is -0.174. The number of aromatic amines is 1. The van der Waals surface area contributed by atoms with Crippen molar-refractivity contribution in [3.63, 3.8) is 0 Å². The van der Waals surface area contributed by atoms with Crippen molar-refractivity contribution in [3.8, 4) is 0 Å². The van der Waals surface area contributed by atoms with Crippen LogP contribution in [0.25, 0.3) is 0 Å². The summed E-state index contributed by atoms with van der Waals surface area (Å²) in [5, 5.41) is 3.42. The number of H-pyrrole nitrogens is 1. The first-order chi connectivity index (χ1) is 8.72. The monoisotopic (exact) mass is 247 g/mol. The van der Waals surface area contributed by atoms with Crippen LogP contribution in [-0.2, 0) is 0 Å². The highest BCUT2D eigenvalue weighted by atomic mass is 19.1. The first kappa shape index (κ1) is 12.8. The van der Waals surface area contributed by atoms with E-state index in [1.165, 1.54) is 6.07 Å². The summed E-state index contributed by atoms with van der Waals surface area (Å²) in [4.78, 5) is 7.40. The molecule has 4 heteroatoms. The van der Waals surface area contributed by atoms with Crippen molar-refractivity contribution in [1.29, 1.82) is 0 Å². The van der Waals surface area contributed by atoms with Gasteiger partial charge in [-0.1, -0.05) is 19.1 Å². The zero-order valence-corrected chi connectivity index (χ0v) is 10.7. The molecule has 18 heavy (non-hydrogen) atoms. The van der Waals surface area contributed by atoms with Crippen molar-refractivity contribution < 1.29 is 4.39 Å². The minimum absolute atomic E-state index is 0.0146. The fourth-order valence-corrected chi connectivity index (χ4v) is 1.94. The summed E-state index contributed by atoms with van der Waals surface area (Å²) in [6, 6.07) is 5.16. The van der Waals surface area contributed by atoms with Crippen LogP contribution >= 0.6 is 0 Å². The van der Waals surface area contributed by atoms with E-state index >= 15 is 0 Å². The van der Waals surface area contributed by atoms with Crippen LogP contribution in [0.15, 0.2) is 30.6 Å². The van der Waals surface area contributed by atoms with E-state index < -0.39 is 0 Å². The van der Waals surface area contributed by atoms with E-state index in [0.717, 1.165) is 24.4 Å². The average molecular weight is 247 g/mol. The summed E-state index contributed by atoms with van der Waals surface area (Å²) in [6.07, 6.45) is 4.57. The van der Waals surface area contributed by atoms with E-state index in [0.29, 0.717) is 5.56 Å². The summed E-state index contributed by atoms with van der Waals surface area (Å²) >= 11 is 0. The van der Waals surface area contributed by atoms with E-state index in [4.69, 9.17) is 0 Å². The third-order valence-electron chi connectivity index (χ3n) is 2.91. The molecule has 1 aromatic heterocycles. The van der Waals surface area contributed by atoms with Gasteiger partial charge >= 0.3 is 0 Å². The molecule has 2 aromatic rings. The minimum Gasteiger partial charge on any atom is -0.347 e. The van der Waals surface area contributed by atoms with Crippen LogP contribution < -0.4 is 5.32 Å². The number of nitrogens with one attached hydrogen (secondary N) is 2. The number of imidazole rings is 1. The highest BCUT2D eigenvalue weighted by Gasteiger charge is 2.16. The quantitative estimate of drug-likeness (QED) is 0.852. The van der Waals surface area contributed by atoms with Gasteiger partial charge in [-0.3, -0.25) is 0 Å². The summed E-state index contributed by atoms with van der Waals surface area (Å²) in [6.45, 7) is 4.78. The van der Waals surface area contributed by atoms with Crippen molar-refractivity contribution in [3.05, 3.63) is 53.4 Å². The Balaban J connectivity index is 2.30. The Morgan fingerprint density at radius 1 is 1.44 bits per heavy atom. The van der Waals surface area contributed by atoms with E-state index in [2.05, 4.69) is 22.2 Å². The molecule has 0 fully saturated rings. The number of halogens is 1. The highest BCUT2D eigenvalue weighted by molar-refractivity contribution is 5.30. The molecule has 2 rings (SSSR count). The molecule has 0 amide bonds. The van der Waals surface area contributed by atoms with Crippen molar-refractivity contribution in [2.45, 2.75) is 26.3 Å². The number of aromatic nitrogens is 2. The lowest BCUT2D eigenvalue weighted by Crippen LogP contribution is -2.24. The van der Waals surface area contributed by atoms with Crippen LogP contribution in [0.2, 0.25) is 0 Å². The molecule has 0 bridgehead atoms. The van der Waals surface area contributed by atoms with Gasteiger partial charge in [0.2, 0.25) is 0 Å². The van der Waals surface area contributed by atoms with Crippen LogP contribution in [0.3, 0.4) is 0 Å². The first-order valence-corrected chi connectivity index (χ1v) is 6.21. The maximum absolute atomic E-state index is 13.3. The molecule has 2 N–H and O–H groups in total. The maximum Gasteiger partial charge on any atom is 0.127 e. The number of hydrogen-bond donors (Lipinski definition) is 2. The Hall–Kier alpha value is -1.68. The molecule has 0 aliphatic heterocycles. The standard InChI is InChI=1S/C14H18FN3/c1-3-6-16-13(14-17-7-8-18-14)11-4-5-12(15)10(2)9-11/h4-5,7-9,13,16H,3,6H2,1-2H3,(H,17,18). The molecule has 3 nitrogen and oxygen atoms in total. The van der Waals surface area contributed by atoms with Crippen molar-refractivity contribution in [1.82, 2.24) is 15.3 Å². The van der Waals surface area contributed by atoms with Crippen molar-refractivity contribution >= 4 is 0 Å². The lowest BCUT2D eigenvalue weighted by molar-refractivity contribution is 0.571. The van der Waals surface area contributed by atoms with Gasteiger partial charge in [0.05, 0.1) is 6.04 Å². The number of rotatable bonds is 5. The highest BCUT2D eigenvalue weighted by Crippen LogP contribution is 2.21. The van der Waals surface area contributed by atoms with Crippen LogP contribution in [0.4, 0.5) is 4.39 Å². The Morgan fingerprint density at radius 2 is 2.28 bits per heavy atom. The molecule has 0 aliphatic carbocycles. The fraction of sp³-hybridized carbons (Fsp3) is 0.357. The zero-order valence-electron chi connectivity index (χ0n) is 10.7. The number of hydrogen-bond acceptors (Lipinski definition) is 2. The topological polar surface area (TPSA) is 40.7 Å². The predicted octanol–water partition coefficient (Wildman–Crippen LogP) is 2.95. The van der Waals surface area contributed by atoms with Gasteiger partial charge in [0, 0.05) is 12.4 Å². The third-order valence-corrected chi connectivity index (χ3v) is 2.91. The molecule has 1 unspecified atom stereocenters. The summed E-state index contributed by atoms with van der Waals surface area (Å²) in [5.41, 5.74) is 1.68. The van der Waals surface area contributed by atoms with Gasteiger partial charge in [-0.2, -0.15) is 0 Å². The maximum atomic E-state index is 13.3. The van der Waals surface area contributed by atoms with Gasteiger partial charge in [0.1, 0.15) is 11.6 Å². The van der Waals surface area contributed by atoms with E-state index in [1.807, 2.05) is 6.07 Å². The Labute approximate surface area is 106 Å². The lowest BCUT2D eigenvalue weighted by Gasteiger charge is -2.17. The second-order valence-corrected chi connectivity index (χ2v) is 4.37. The van der Waals surface area contributed by atoms with Crippen LogP contribution in [0, 0.1) is 12.7 Å². The van der Waals surface area contributed by atoms with Crippen LogP contribution in [-0.4, -0.2) is 16.5 Å². The normalized spacial score (nSPS) is 12.6. The smallest absolute Gasteiger partial charge is 0.127 e. The molecule has 0 aliphatic rings. The van der Waals surface area contributed by atoms with Gasteiger partial charge < -0.3 is 10.3 Å². The molecular weight excluding hydrogens is 229 g/mol. The van der Waals surface area contributed by atoms with Crippen LogP contribution in [0.1, 0.15) is 36.3 Å². The lowest BCUT2D eigenvalue weighted by atomic mass is 10.0. The summed E-state index contributed by atoms with van der Waals surface area (Å²) < 4.78 is 13.3. The first-order valence-electron chi connectivity index (χ1n) is 6.21. The Bertz CT molecular complexity index is 494. The van der Waals surface area contributed by atoms with Gasteiger partial charge in [-0.25, -0.2) is 9.37 Å². The molecule has 1 aromatic carbocycles. The Kier molecular flexibility index (Phi) is 4.10. The van der Waals surface area contributed by atoms with Gasteiger partial charge in [-0.15, -0.1) is 0 Å².